The van der Waals surface area contributed by atoms with Gasteiger partial charge in [-0.3, -0.25) is 4.79 Å². The van der Waals surface area contributed by atoms with Gasteiger partial charge in [-0.1, -0.05) is 18.2 Å². The average Bonchev–Trinajstić information content (AvgIpc) is 3.21. The van der Waals surface area contributed by atoms with Gasteiger partial charge < -0.3 is 15.3 Å². The summed E-state index contributed by atoms with van der Waals surface area (Å²) in [6.07, 6.45) is 1.99. The van der Waals surface area contributed by atoms with E-state index in [1.165, 1.54) is 0 Å². The summed E-state index contributed by atoms with van der Waals surface area (Å²) in [5.41, 5.74) is 0.212. The molecule has 0 spiro atoms. The Morgan fingerprint density at radius 1 is 1.44 bits per heavy atom. The highest BCUT2D eigenvalue weighted by atomic mass is 16.4. The van der Waals surface area contributed by atoms with Gasteiger partial charge in [0.25, 0.3) is 0 Å². The second-order valence-electron chi connectivity index (χ2n) is 4.99. The highest BCUT2D eigenvalue weighted by Gasteiger charge is 2.50. The molecule has 1 aliphatic carbocycles. The molecule has 0 bridgehead atoms. The first-order valence-electron chi connectivity index (χ1n) is 6.28. The zero-order valence-corrected chi connectivity index (χ0v) is 10.9. The van der Waals surface area contributed by atoms with Crippen LogP contribution in [0.5, 0.6) is 0 Å². The predicted octanol–water partition coefficient (Wildman–Crippen LogP) is 1.58. The number of nitrogens with zero attached hydrogens (tertiary/aromatic N) is 1. The second-order valence-corrected chi connectivity index (χ2v) is 4.99. The molecule has 0 amide bonds. The SMILES string of the molecule is CNC(CN(C)c1ccccc1)(C(=O)O)C1CC1. The van der Waals surface area contributed by atoms with E-state index in [-0.39, 0.29) is 5.92 Å². The Hall–Kier alpha value is -1.55. The Balaban J connectivity index is 2.17. The molecule has 1 aromatic rings. The first-order chi connectivity index (χ1) is 8.60. The van der Waals surface area contributed by atoms with Crippen molar-refractivity contribution in [2.45, 2.75) is 18.4 Å². The molecule has 4 nitrogen and oxygen atoms in total. The Labute approximate surface area is 108 Å². The highest BCUT2D eigenvalue weighted by Crippen LogP contribution is 2.40. The van der Waals surface area contributed by atoms with E-state index in [9.17, 15) is 9.90 Å². The smallest absolute Gasteiger partial charge is 0.326 e. The normalized spacial score (nSPS) is 18.1. The molecule has 0 radical (unpaired) electrons. The Morgan fingerprint density at radius 3 is 2.50 bits per heavy atom. The van der Waals surface area contributed by atoms with E-state index in [2.05, 4.69) is 5.32 Å². The number of hydrogen-bond acceptors (Lipinski definition) is 3. The fraction of sp³-hybridized carbons (Fsp3) is 0.500. The molecule has 0 aliphatic heterocycles. The van der Waals surface area contributed by atoms with E-state index >= 15 is 0 Å². The van der Waals surface area contributed by atoms with Gasteiger partial charge in [-0.05, 0) is 37.9 Å². The predicted molar refractivity (Wildman–Crippen MR) is 71.9 cm³/mol. The van der Waals surface area contributed by atoms with Gasteiger partial charge in [-0.15, -0.1) is 0 Å². The maximum Gasteiger partial charge on any atom is 0.326 e. The summed E-state index contributed by atoms with van der Waals surface area (Å²) < 4.78 is 0. The fourth-order valence-electron chi connectivity index (χ4n) is 2.49. The molecule has 1 saturated carbocycles. The van der Waals surface area contributed by atoms with Crippen molar-refractivity contribution in [3.8, 4) is 0 Å². The van der Waals surface area contributed by atoms with Crippen LogP contribution >= 0.6 is 0 Å². The molecule has 1 fully saturated rings. The minimum absolute atomic E-state index is 0.242. The van der Waals surface area contributed by atoms with Gasteiger partial charge in [0.1, 0.15) is 5.54 Å². The largest absolute Gasteiger partial charge is 0.480 e. The van der Waals surface area contributed by atoms with E-state index < -0.39 is 11.5 Å². The van der Waals surface area contributed by atoms with Crippen molar-refractivity contribution < 1.29 is 9.90 Å². The Kier molecular flexibility index (Phi) is 3.57. The van der Waals surface area contributed by atoms with Gasteiger partial charge in [-0.2, -0.15) is 0 Å². The van der Waals surface area contributed by atoms with Gasteiger partial charge >= 0.3 is 5.97 Å². The van der Waals surface area contributed by atoms with E-state index in [1.807, 2.05) is 42.3 Å². The van der Waals surface area contributed by atoms with Crippen LogP contribution < -0.4 is 10.2 Å². The molecule has 0 saturated heterocycles. The van der Waals surface area contributed by atoms with Crippen molar-refractivity contribution in [2.75, 3.05) is 25.5 Å². The number of hydrogen-bond donors (Lipinski definition) is 2. The summed E-state index contributed by atoms with van der Waals surface area (Å²) in [6, 6.07) is 9.88. The lowest BCUT2D eigenvalue weighted by Gasteiger charge is -2.34. The van der Waals surface area contributed by atoms with E-state index in [4.69, 9.17) is 0 Å². The molecule has 2 N–H and O–H groups in total. The number of rotatable bonds is 6. The molecular weight excluding hydrogens is 228 g/mol. The molecular formula is C14H20N2O2. The van der Waals surface area contributed by atoms with Gasteiger partial charge in [0, 0.05) is 19.3 Å². The van der Waals surface area contributed by atoms with Crippen LogP contribution in [0.3, 0.4) is 0 Å². The molecule has 1 aliphatic rings. The van der Waals surface area contributed by atoms with Crippen LogP contribution in [0.4, 0.5) is 5.69 Å². The Morgan fingerprint density at radius 2 is 2.06 bits per heavy atom. The van der Waals surface area contributed by atoms with E-state index in [0.29, 0.717) is 6.54 Å². The van der Waals surface area contributed by atoms with Gasteiger partial charge in [0.15, 0.2) is 0 Å². The van der Waals surface area contributed by atoms with E-state index in [1.54, 1.807) is 7.05 Å². The molecule has 1 atom stereocenters. The molecule has 0 aromatic heterocycles. The lowest BCUT2D eigenvalue weighted by atomic mass is 9.92. The topological polar surface area (TPSA) is 52.6 Å². The zero-order chi connectivity index (χ0) is 13.2. The number of aliphatic carboxylic acids is 1. The minimum Gasteiger partial charge on any atom is -0.480 e. The van der Waals surface area contributed by atoms with Crippen LogP contribution in [0.15, 0.2) is 30.3 Å². The molecule has 98 valence electrons. The molecule has 4 heteroatoms. The number of carboxylic acid groups (broad SMARTS) is 1. The third-order valence-electron chi connectivity index (χ3n) is 3.79. The number of likely N-dealkylation sites (N-methyl/N-ethyl adjacent to an activating group) is 2. The monoisotopic (exact) mass is 248 g/mol. The van der Waals surface area contributed by atoms with Crippen molar-refractivity contribution in [2.24, 2.45) is 5.92 Å². The lowest BCUT2D eigenvalue weighted by molar-refractivity contribution is -0.145. The molecule has 1 unspecified atom stereocenters. The van der Waals surface area contributed by atoms with Crippen LogP contribution in [0.25, 0.3) is 0 Å². The Bertz CT molecular complexity index is 417. The van der Waals surface area contributed by atoms with Crippen molar-refractivity contribution in [1.82, 2.24) is 5.32 Å². The quantitative estimate of drug-likeness (QED) is 0.802. The number of carbonyl (C=O) groups is 1. The first kappa shape index (κ1) is 12.9. The standard InChI is InChI=1S/C14H20N2O2/c1-15-14(13(17)18,11-8-9-11)10-16(2)12-6-4-3-5-7-12/h3-7,11,15H,8-10H2,1-2H3,(H,17,18). The van der Waals surface area contributed by atoms with Crippen LogP contribution in [-0.4, -0.2) is 37.3 Å². The number of carboxylic acids is 1. The summed E-state index contributed by atoms with van der Waals surface area (Å²) in [4.78, 5) is 13.6. The molecule has 2 rings (SSSR count). The fourth-order valence-corrected chi connectivity index (χ4v) is 2.49. The number of para-hydroxylation sites is 1. The van der Waals surface area contributed by atoms with Crippen molar-refractivity contribution >= 4 is 11.7 Å². The maximum absolute atomic E-state index is 11.6. The third-order valence-corrected chi connectivity index (χ3v) is 3.79. The highest BCUT2D eigenvalue weighted by molar-refractivity contribution is 5.81. The van der Waals surface area contributed by atoms with Crippen molar-refractivity contribution in [1.29, 1.82) is 0 Å². The van der Waals surface area contributed by atoms with Gasteiger partial charge in [0.05, 0.1) is 0 Å². The molecule has 0 heterocycles. The van der Waals surface area contributed by atoms with Crippen LogP contribution in [-0.2, 0) is 4.79 Å². The van der Waals surface area contributed by atoms with Crippen molar-refractivity contribution in [3.63, 3.8) is 0 Å². The molecule has 18 heavy (non-hydrogen) atoms. The summed E-state index contributed by atoms with van der Waals surface area (Å²) in [5, 5.41) is 12.6. The average molecular weight is 248 g/mol. The third kappa shape index (κ3) is 2.34. The van der Waals surface area contributed by atoms with Gasteiger partial charge in [0.2, 0.25) is 0 Å². The van der Waals surface area contributed by atoms with Crippen molar-refractivity contribution in [3.05, 3.63) is 30.3 Å². The van der Waals surface area contributed by atoms with Crippen LogP contribution in [0.1, 0.15) is 12.8 Å². The minimum atomic E-state index is -0.829. The summed E-state index contributed by atoms with van der Waals surface area (Å²) in [6.45, 7) is 0.480. The van der Waals surface area contributed by atoms with Crippen LogP contribution in [0, 0.1) is 5.92 Å². The van der Waals surface area contributed by atoms with E-state index in [0.717, 1.165) is 18.5 Å². The number of anilines is 1. The summed E-state index contributed by atoms with van der Waals surface area (Å²) >= 11 is 0. The number of nitrogens with one attached hydrogen (secondary N) is 1. The molecule has 1 aromatic carbocycles. The second kappa shape index (κ2) is 4.98. The van der Waals surface area contributed by atoms with Gasteiger partial charge in [-0.25, -0.2) is 0 Å². The number of benzene rings is 1. The maximum atomic E-state index is 11.6. The summed E-state index contributed by atoms with van der Waals surface area (Å²) in [5.74, 6) is -0.513. The van der Waals surface area contributed by atoms with Crippen LogP contribution in [0.2, 0.25) is 0 Å². The summed E-state index contributed by atoms with van der Waals surface area (Å²) in [7, 11) is 3.68. The first-order valence-corrected chi connectivity index (χ1v) is 6.28. The lowest BCUT2D eigenvalue weighted by Crippen LogP contribution is -2.59. The zero-order valence-electron chi connectivity index (χ0n) is 10.9.